The maximum Gasteiger partial charge on any atom is 0.123 e. The Morgan fingerprint density at radius 1 is 1.04 bits per heavy atom. The molecule has 0 spiro atoms. The number of imidazole rings is 1. The molecule has 4 nitrogen and oxygen atoms in total. The molecule has 0 aliphatic carbocycles. The molecule has 0 bridgehead atoms. The molecule has 1 aromatic heterocycles. The molecule has 4 heteroatoms. The summed E-state index contributed by atoms with van der Waals surface area (Å²) in [5, 5.41) is 0. The molecule has 1 fully saturated rings. The molecule has 4 rings (SSSR count). The van der Waals surface area contributed by atoms with Gasteiger partial charge in [-0.25, -0.2) is 4.98 Å². The van der Waals surface area contributed by atoms with Gasteiger partial charge in [0.05, 0.1) is 23.7 Å². The first-order chi connectivity index (χ1) is 13.1. The summed E-state index contributed by atoms with van der Waals surface area (Å²) in [5.74, 6) is 2.79. The lowest BCUT2D eigenvalue weighted by molar-refractivity contribution is 0.193. The minimum atomic E-state index is 0.212. The van der Waals surface area contributed by atoms with Crippen molar-refractivity contribution in [2.45, 2.75) is 45.3 Å². The van der Waals surface area contributed by atoms with Crippen molar-refractivity contribution in [3.05, 3.63) is 59.9 Å². The molecule has 0 saturated carbocycles. The average Bonchev–Trinajstić information content (AvgIpc) is 2.98. The van der Waals surface area contributed by atoms with Crippen LogP contribution in [0.5, 0.6) is 5.75 Å². The van der Waals surface area contributed by atoms with Crippen LogP contribution in [0.3, 0.4) is 0 Å². The smallest absolute Gasteiger partial charge is 0.123 e. The van der Waals surface area contributed by atoms with Crippen LogP contribution < -0.4 is 4.74 Å². The molecule has 0 atom stereocenters. The highest BCUT2D eigenvalue weighted by atomic mass is 16.5. The zero-order chi connectivity index (χ0) is 18.8. The molecule has 0 unspecified atom stereocenters. The highest BCUT2D eigenvalue weighted by Crippen LogP contribution is 2.35. The number of fused-ring (bicyclic) bond motifs is 1. The van der Waals surface area contributed by atoms with E-state index < -0.39 is 0 Å². The lowest BCUT2D eigenvalue weighted by Gasteiger charge is -2.32. The number of ether oxygens (including phenoxy) is 1. The van der Waals surface area contributed by atoms with Gasteiger partial charge in [-0.3, -0.25) is 4.90 Å². The van der Waals surface area contributed by atoms with E-state index in [1.165, 1.54) is 23.9 Å². The van der Waals surface area contributed by atoms with Crippen molar-refractivity contribution in [1.82, 2.24) is 14.5 Å². The molecule has 2 aromatic carbocycles. The Hall–Kier alpha value is -2.33. The van der Waals surface area contributed by atoms with Gasteiger partial charge in [0.1, 0.15) is 11.6 Å². The van der Waals surface area contributed by atoms with Gasteiger partial charge >= 0.3 is 0 Å². The van der Waals surface area contributed by atoms with Gasteiger partial charge in [-0.15, -0.1) is 0 Å². The van der Waals surface area contributed by atoms with E-state index in [0.29, 0.717) is 5.92 Å². The van der Waals surface area contributed by atoms with Gasteiger partial charge in [0.2, 0.25) is 0 Å². The van der Waals surface area contributed by atoms with Crippen molar-refractivity contribution in [2.24, 2.45) is 7.05 Å². The van der Waals surface area contributed by atoms with Gasteiger partial charge < -0.3 is 9.30 Å². The molecular weight excluding hydrogens is 334 g/mol. The highest BCUT2D eigenvalue weighted by Gasteiger charge is 2.24. The Morgan fingerprint density at radius 2 is 1.74 bits per heavy atom. The van der Waals surface area contributed by atoms with Gasteiger partial charge in [-0.2, -0.15) is 0 Å². The van der Waals surface area contributed by atoms with E-state index in [0.717, 1.165) is 36.7 Å². The number of hydrogen-bond donors (Lipinski definition) is 0. The summed E-state index contributed by atoms with van der Waals surface area (Å²) in [6.45, 7) is 7.31. The number of benzene rings is 2. The molecule has 27 heavy (non-hydrogen) atoms. The van der Waals surface area contributed by atoms with Crippen LogP contribution in [0.15, 0.2) is 48.5 Å². The van der Waals surface area contributed by atoms with Crippen molar-refractivity contribution < 1.29 is 4.74 Å². The zero-order valence-corrected chi connectivity index (χ0v) is 16.6. The van der Waals surface area contributed by atoms with Crippen LogP contribution >= 0.6 is 0 Å². The fourth-order valence-electron chi connectivity index (χ4n) is 4.12. The van der Waals surface area contributed by atoms with Crippen molar-refractivity contribution in [1.29, 1.82) is 0 Å². The summed E-state index contributed by atoms with van der Waals surface area (Å²) >= 11 is 0. The van der Waals surface area contributed by atoms with Crippen LogP contribution in [0.2, 0.25) is 0 Å². The van der Waals surface area contributed by atoms with Gasteiger partial charge in [-0.05, 0) is 69.5 Å². The van der Waals surface area contributed by atoms with Crippen molar-refractivity contribution in [2.75, 3.05) is 13.1 Å². The lowest BCUT2D eigenvalue weighted by atomic mass is 9.89. The number of aryl methyl sites for hydroxylation is 1. The number of aromatic nitrogens is 2. The number of hydrogen-bond acceptors (Lipinski definition) is 3. The van der Waals surface area contributed by atoms with E-state index in [-0.39, 0.29) is 6.10 Å². The Morgan fingerprint density at radius 3 is 2.48 bits per heavy atom. The summed E-state index contributed by atoms with van der Waals surface area (Å²) in [6, 6.07) is 16.9. The van der Waals surface area contributed by atoms with Crippen molar-refractivity contribution in [3.8, 4) is 5.75 Å². The molecule has 3 aromatic rings. The van der Waals surface area contributed by atoms with Crippen LogP contribution in [0, 0.1) is 0 Å². The van der Waals surface area contributed by atoms with E-state index in [1.54, 1.807) is 0 Å². The molecule has 1 aliphatic rings. The minimum absolute atomic E-state index is 0.212. The topological polar surface area (TPSA) is 30.3 Å². The van der Waals surface area contributed by atoms with Crippen LogP contribution in [0.1, 0.15) is 44.0 Å². The predicted octanol–water partition coefficient (Wildman–Crippen LogP) is 4.74. The van der Waals surface area contributed by atoms with Gasteiger partial charge in [-0.1, -0.05) is 30.3 Å². The van der Waals surface area contributed by atoms with Crippen LogP contribution in [0.4, 0.5) is 0 Å². The summed E-state index contributed by atoms with van der Waals surface area (Å²) in [6.07, 6.45) is 2.55. The van der Waals surface area contributed by atoms with Gasteiger partial charge in [0.15, 0.2) is 0 Å². The Balaban J connectivity index is 1.43. The normalized spacial score (nSPS) is 16.3. The van der Waals surface area contributed by atoms with E-state index in [2.05, 4.69) is 78.9 Å². The molecule has 142 valence electrons. The number of para-hydroxylation sites is 3. The standard InChI is InChI=1S/C23H29N3O/c1-17(2)27-22-11-7-4-8-19(22)18-12-14-26(15-13-18)16-23-24-20-9-5-6-10-21(20)25(23)3/h4-11,17-18H,12-16H2,1-3H3. The van der Waals surface area contributed by atoms with E-state index in [1.807, 2.05) is 0 Å². The maximum absolute atomic E-state index is 6.04. The second-order valence-electron chi connectivity index (χ2n) is 7.83. The monoisotopic (exact) mass is 363 g/mol. The fourth-order valence-corrected chi connectivity index (χ4v) is 4.12. The number of rotatable bonds is 5. The number of nitrogens with zero attached hydrogens (tertiary/aromatic N) is 3. The Labute approximate surface area is 161 Å². The Bertz CT molecular complexity index is 907. The summed E-state index contributed by atoms with van der Waals surface area (Å²) < 4.78 is 8.27. The number of likely N-dealkylation sites (tertiary alicyclic amines) is 1. The first-order valence-corrected chi connectivity index (χ1v) is 10.00. The highest BCUT2D eigenvalue weighted by molar-refractivity contribution is 5.75. The summed E-state index contributed by atoms with van der Waals surface area (Å²) in [7, 11) is 2.12. The molecule has 2 heterocycles. The van der Waals surface area contributed by atoms with Crippen molar-refractivity contribution in [3.63, 3.8) is 0 Å². The molecule has 0 N–H and O–H groups in total. The predicted molar refractivity (Wildman–Crippen MR) is 110 cm³/mol. The lowest BCUT2D eigenvalue weighted by Crippen LogP contribution is -2.33. The SMILES string of the molecule is CC(C)Oc1ccccc1C1CCN(Cc2nc3ccccc3n2C)CC1. The van der Waals surface area contributed by atoms with E-state index in [9.17, 15) is 0 Å². The Kier molecular flexibility index (Phi) is 5.17. The second-order valence-corrected chi connectivity index (χ2v) is 7.83. The quantitative estimate of drug-likeness (QED) is 0.656. The first-order valence-electron chi connectivity index (χ1n) is 10.00. The third-order valence-corrected chi connectivity index (χ3v) is 5.55. The second kappa shape index (κ2) is 7.73. The zero-order valence-electron chi connectivity index (χ0n) is 16.6. The van der Waals surface area contributed by atoms with E-state index in [4.69, 9.17) is 9.72 Å². The van der Waals surface area contributed by atoms with Gasteiger partial charge in [0, 0.05) is 7.05 Å². The molecular formula is C23H29N3O. The summed E-state index contributed by atoms with van der Waals surface area (Å²) in [4.78, 5) is 7.36. The third kappa shape index (κ3) is 3.86. The molecule has 1 aliphatic heterocycles. The molecule has 0 radical (unpaired) electrons. The van der Waals surface area contributed by atoms with Crippen LogP contribution in [-0.2, 0) is 13.6 Å². The third-order valence-electron chi connectivity index (χ3n) is 5.55. The van der Waals surface area contributed by atoms with Crippen molar-refractivity contribution >= 4 is 11.0 Å². The van der Waals surface area contributed by atoms with E-state index >= 15 is 0 Å². The largest absolute Gasteiger partial charge is 0.491 e. The number of piperidine rings is 1. The first kappa shape index (κ1) is 18.1. The molecule has 0 amide bonds. The summed E-state index contributed by atoms with van der Waals surface area (Å²) in [5.41, 5.74) is 3.67. The molecule has 1 saturated heterocycles. The average molecular weight is 364 g/mol. The van der Waals surface area contributed by atoms with Crippen LogP contribution in [0.25, 0.3) is 11.0 Å². The van der Waals surface area contributed by atoms with Gasteiger partial charge in [0.25, 0.3) is 0 Å². The fraction of sp³-hybridized carbons (Fsp3) is 0.435. The minimum Gasteiger partial charge on any atom is -0.491 e. The maximum atomic E-state index is 6.04. The van der Waals surface area contributed by atoms with Crippen LogP contribution in [-0.4, -0.2) is 33.6 Å².